The maximum atomic E-state index is 13.2. The molecule has 0 fully saturated rings. The molecule has 31 heavy (non-hydrogen) atoms. The SMILES string of the molecule is CCCCCCCCC(=O)C(CC)O[Si](c1ccccc1)(c1ccccc1)C(C)(C)C. The van der Waals surface area contributed by atoms with Crippen molar-refractivity contribution < 1.29 is 9.22 Å². The molecule has 0 saturated heterocycles. The van der Waals surface area contributed by atoms with E-state index in [0.717, 1.165) is 19.3 Å². The van der Waals surface area contributed by atoms with Crippen LogP contribution in [0.25, 0.3) is 0 Å². The molecule has 0 bridgehead atoms. The lowest BCUT2D eigenvalue weighted by atomic mass is 10.0. The van der Waals surface area contributed by atoms with Crippen molar-refractivity contribution >= 4 is 24.5 Å². The van der Waals surface area contributed by atoms with Gasteiger partial charge in [-0.05, 0) is 28.3 Å². The lowest BCUT2D eigenvalue weighted by Gasteiger charge is -2.44. The average Bonchev–Trinajstić information content (AvgIpc) is 2.77. The van der Waals surface area contributed by atoms with Crippen LogP contribution in [-0.4, -0.2) is 20.2 Å². The number of carbonyl (C=O) groups is 1. The van der Waals surface area contributed by atoms with Gasteiger partial charge in [-0.25, -0.2) is 0 Å². The van der Waals surface area contributed by atoms with Crippen LogP contribution in [0.1, 0.15) is 86.0 Å². The van der Waals surface area contributed by atoms with Crippen molar-refractivity contribution in [3.8, 4) is 0 Å². The summed E-state index contributed by atoms with van der Waals surface area (Å²) >= 11 is 0. The maximum Gasteiger partial charge on any atom is 0.262 e. The molecule has 0 aliphatic carbocycles. The lowest BCUT2D eigenvalue weighted by Crippen LogP contribution is -2.68. The summed E-state index contributed by atoms with van der Waals surface area (Å²) in [7, 11) is -2.68. The van der Waals surface area contributed by atoms with Gasteiger partial charge in [-0.3, -0.25) is 4.79 Å². The van der Waals surface area contributed by atoms with Crippen molar-refractivity contribution in [2.45, 2.75) is 97.1 Å². The van der Waals surface area contributed by atoms with Crippen LogP contribution in [0.4, 0.5) is 0 Å². The van der Waals surface area contributed by atoms with Gasteiger partial charge < -0.3 is 4.43 Å². The van der Waals surface area contributed by atoms with Crippen molar-refractivity contribution in [1.29, 1.82) is 0 Å². The van der Waals surface area contributed by atoms with Gasteiger partial charge in [0.1, 0.15) is 6.10 Å². The first kappa shape index (κ1) is 25.5. The Morgan fingerprint density at radius 2 is 1.29 bits per heavy atom. The van der Waals surface area contributed by atoms with Crippen LogP contribution in [-0.2, 0) is 9.22 Å². The molecule has 3 heteroatoms. The van der Waals surface area contributed by atoms with Crippen LogP contribution >= 0.6 is 0 Å². The van der Waals surface area contributed by atoms with Gasteiger partial charge in [0.25, 0.3) is 8.32 Å². The lowest BCUT2D eigenvalue weighted by molar-refractivity contribution is -0.126. The second-order valence-corrected chi connectivity index (χ2v) is 13.9. The molecular weight excluding hydrogens is 396 g/mol. The molecule has 0 aliphatic rings. The highest BCUT2D eigenvalue weighted by Gasteiger charge is 2.51. The van der Waals surface area contributed by atoms with Crippen LogP contribution in [0.5, 0.6) is 0 Å². The Hall–Kier alpha value is -1.71. The maximum absolute atomic E-state index is 13.2. The molecule has 1 atom stereocenters. The molecule has 2 aromatic rings. The van der Waals surface area contributed by atoms with Crippen molar-refractivity contribution in [2.75, 3.05) is 0 Å². The number of rotatable bonds is 13. The summed E-state index contributed by atoms with van der Waals surface area (Å²) in [4.78, 5) is 13.2. The van der Waals surface area contributed by atoms with Crippen LogP contribution < -0.4 is 10.4 Å². The molecule has 0 aliphatic heterocycles. The zero-order valence-corrected chi connectivity index (χ0v) is 21.3. The fourth-order valence-corrected chi connectivity index (χ4v) is 9.26. The summed E-state index contributed by atoms with van der Waals surface area (Å²) in [6.07, 6.45) is 8.17. The van der Waals surface area contributed by atoms with Crippen molar-refractivity contribution in [3.63, 3.8) is 0 Å². The van der Waals surface area contributed by atoms with Crippen molar-refractivity contribution in [1.82, 2.24) is 0 Å². The van der Waals surface area contributed by atoms with Crippen LogP contribution in [0, 0.1) is 0 Å². The molecule has 2 nitrogen and oxygen atoms in total. The smallest absolute Gasteiger partial charge is 0.262 e. The van der Waals surface area contributed by atoms with E-state index < -0.39 is 8.32 Å². The van der Waals surface area contributed by atoms with Gasteiger partial charge in [0, 0.05) is 6.42 Å². The molecule has 2 rings (SSSR count). The highest BCUT2D eigenvalue weighted by atomic mass is 28.4. The Morgan fingerprint density at radius 3 is 1.74 bits per heavy atom. The minimum Gasteiger partial charge on any atom is -0.397 e. The van der Waals surface area contributed by atoms with Gasteiger partial charge >= 0.3 is 0 Å². The van der Waals surface area contributed by atoms with E-state index in [4.69, 9.17) is 4.43 Å². The van der Waals surface area contributed by atoms with Gasteiger partial charge in [0.2, 0.25) is 0 Å². The van der Waals surface area contributed by atoms with Crippen molar-refractivity contribution in [2.24, 2.45) is 0 Å². The fourth-order valence-electron chi connectivity index (χ4n) is 4.52. The minimum atomic E-state index is -2.68. The Kier molecular flexibility index (Phi) is 10.2. The Balaban J connectivity index is 2.31. The van der Waals surface area contributed by atoms with E-state index >= 15 is 0 Å². The third-order valence-corrected chi connectivity index (χ3v) is 11.3. The monoisotopic (exact) mass is 438 g/mol. The standard InChI is InChI=1S/C28H42O2Si/c1-6-8-9-10-11-18-23-26(29)27(7-2)30-31(28(3,4)5,24-19-14-12-15-20-24)25-21-16-13-17-22-25/h12-17,19-22,27H,6-11,18,23H2,1-5H3. The van der Waals surface area contributed by atoms with Gasteiger partial charge in [-0.15, -0.1) is 0 Å². The molecule has 0 radical (unpaired) electrons. The topological polar surface area (TPSA) is 26.3 Å². The summed E-state index contributed by atoms with van der Waals surface area (Å²) in [5.74, 6) is 0.269. The molecule has 170 valence electrons. The average molecular weight is 439 g/mol. The van der Waals surface area contributed by atoms with E-state index in [0.29, 0.717) is 6.42 Å². The first-order valence-corrected chi connectivity index (χ1v) is 14.1. The molecule has 0 N–H and O–H groups in total. The van der Waals surface area contributed by atoms with Gasteiger partial charge in [0.15, 0.2) is 5.78 Å². The molecule has 0 saturated carbocycles. The zero-order valence-electron chi connectivity index (χ0n) is 20.3. The largest absolute Gasteiger partial charge is 0.397 e. The van der Waals surface area contributed by atoms with Crippen LogP contribution in [0.2, 0.25) is 5.04 Å². The first-order chi connectivity index (χ1) is 14.9. The highest BCUT2D eigenvalue weighted by Crippen LogP contribution is 2.38. The third kappa shape index (κ3) is 6.63. The highest BCUT2D eigenvalue weighted by molar-refractivity contribution is 6.99. The summed E-state index contributed by atoms with van der Waals surface area (Å²) in [6.45, 7) is 11.1. The van der Waals surface area contributed by atoms with E-state index in [-0.39, 0.29) is 16.9 Å². The normalized spacial score (nSPS) is 13.2. The summed E-state index contributed by atoms with van der Waals surface area (Å²) in [6, 6.07) is 21.2. The number of ketones is 1. The molecule has 0 spiro atoms. The Morgan fingerprint density at radius 1 is 0.806 bits per heavy atom. The summed E-state index contributed by atoms with van der Waals surface area (Å²) in [5, 5.41) is 2.36. The molecule has 0 aromatic heterocycles. The summed E-state index contributed by atoms with van der Waals surface area (Å²) in [5.41, 5.74) is 0. The van der Waals surface area contributed by atoms with Gasteiger partial charge in [0.05, 0.1) is 0 Å². The van der Waals surface area contributed by atoms with Gasteiger partial charge in [-0.2, -0.15) is 0 Å². The van der Waals surface area contributed by atoms with E-state index in [1.807, 2.05) is 0 Å². The predicted octanol–water partition coefficient (Wildman–Crippen LogP) is 6.66. The fraction of sp³-hybridized carbons (Fsp3) is 0.536. The number of Topliss-reactive ketones (excluding diaryl/α,β-unsaturated/α-hetero) is 1. The van der Waals surface area contributed by atoms with E-state index in [1.54, 1.807) is 0 Å². The second kappa shape index (κ2) is 12.4. The number of benzene rings is 2. The van der Waals surface area contributed by atoms with Crippen LogP contribution in [0.3, 0.4) is 0 Å². The minimum absolute atomic E-state index is 0.108. The second-order valence-electron chi connectivity index (χ2n) is 9.66. The van der Waals surface area contributed by atoms with E-state index in [1.165, 1.54) is 36.1 Å². The first-order valence-electron chi connectivity index (χ1n) is 12.2. The third-order valence-electron chi connectivity index (χ3n) is 6.24. The Bertz CT molecular complexity index is 725. The van der Waals surface area contributed by atoms with E-state index in [9.17, 15) is 4.79 Å². The molecule has 0 amide bonds. The number of carbonyl (C=O) groups excluding carboxylic acids is 1. The molecular formula is C28H42O2Si. The van der Waals surface area contributed by atoms with Crippen molar-refractivity contribution in [3.05, 3.63) is 60.7 Å². The zero-order chi connectivity index (χ0) is 22.7. The summed E-state index contributed by atoms with van der Waals surface area (Å²) < 4.78 is 7.07. The number of unbranched alkanes of at least 4 members (excludes halogenated alkanes) is 5. The predicted molar refractivity (Wildman–Crippen MR) is 136 cm³/mol. The van der Waals surface area contributed by atoms with Crippen LogP contribution in [0.15, 0.2) is 60.7 Å². The Labute approximate surface area is 191 Å². The molecule has 0 heterocycles. The number of hydrogen-bond acceptors (Lipinski definition) is 2. The number of hydrogen-bond donors (Lipinski definition) is 0. The molecule has 1 unspecified atom stereocenters. The molecule has 2 aromatic carbocycles. The quantitative estimate of drug-likeness (QED) is 0.258. The van der Waals surface area contributed by atoms with E-state index in [2.05, 4.69) is 95.3 Å². The van der Waals surface area contributed by atoms with Gasteiger partial charge in [-0.1, -0.05) is 127 Å².